The maximum atomic E-state index is 9.65. The zero-order chi connectivity index (χ0) is 12.5. The highest BCUT2D eigenvalue weighted by Crippen LogP contribution is 2.41. The van der Waals surface area contributed by atoms with Crippen LogP contribution >= 0.6 is 0 Å². The van der Waals surface area contributed by atoms with E-state index in [2.05, 4.69) is 12.1 Å². The lowest BCUT2D eigenvalue weighted by Crippen LogP contribution is -2.18. The highest BCUT2D eigenvalue weighted by Gasteiger charge is 2.28. The average molecular weight is 240 g/mol. The number of hydrogen-bond donors (Lipinski definition) is 1. The zero-order valence-electron chi connectivity index (χ0n) is 10.4. The number of rotatable bonds is 3. The van der Waals surface area contributed by atoms with E-state index in [1.54, 1.807) is 0 Å². The predicted octanol–water partition coefficient (Wildman–Crippen LogP) is 3.16. The minimum atomic E-state index is -0.306. The molecule has 0 aliphatic heterocycles. The van der Waals surface area contributed by atoms with E-state index in [-0.39, 0.29) is 6.10 Å². The first-order chi connectivity index (χ1) is 8.75. The van der Waals surface area contributed by atoms with Crippen molar-refractivity contribution in [3.8, 4) is 5.75 Å². The van der Waals surface area contributed by atoms with Crippen molar-refractivity contribution in [2.75, 3.05) is 0 Å². The fourth-order valence-electron chi connectivity index (χ4n) is 2.39. The molecule has 0 fully saturated rings. The molecular weight excluding hydrogens is 224 g/mol. The molecular formula is C16H16O2. The van der Waals surface area contributed by atoms with Crippen molar-refractivity contribution >= 4 is 0 Å². The number of benzene rings is 2. The van der Waals surface area contributed by atoms with Gasteiger partial charge in [-0.2, -0.15) is 0 Å². The van der Waals surface area contributed by atoms with E-state index in [0.717, 1.165) is 22.4 Å². The predicted molar refractivity (Wildman–Crippen MR) is 70.6 cm³/mol. The monoisotopic (exact) mass is 240 g/mol. The largest absolute Gasteiger partial charge is 0.488 e. The molecule has 1 unspecified atom stereocenters. The highest BCUT2D eigenvalue weighted by molar-refractivity contribution is 5.52. The zero-order valence-corrected chi connectivity index (χ0v) is 10.4. The molecule has 0 bridgehead atoms. The Bertz CT molecular complexity index is 561. The molecule has 18 heavy (non-hydrogen) atoms. The van der Waals surface area contributed by atoms with Gasteiger partial charge >= 0.3 is 0 Å². The van der Waals surface area contributed by atoms with Crippen LogP contribution in [0, 0.1) is 6.92 Å². The van der Waals surface area contributed by atoms with Gasteiger partial charge in [0.1, 0.15) is 12.4 Å². The molecule has 92 valence electrons. The molecule has 1 N–H and O–H groups in total. The summed E-state index contributed by atoms with van der Waals surface area (Å²) in [6.07, 6.45) is 0.404. The minimum absolute atomic E-state index is 0.306. The number of aryl methyl sites for hydroxylation is 1. The summed E-state index contributed by atoms with van der Waals surface area (Å²) in [5.41, 5.74) is 4.48. The summed E-state index contributed by atoms with van der Waals surface area (Å²) >= 11 is 0. The van der Waals surface area contributed by atoms with Crippen molar-refractivity contribution in [1.29, 1.82) is 0 Å². The van der Waals surface area contributed by atoms with Gasteiger partial charge in [-0.15, -0.1) is 0 Å². The van der Waals surface area contributed by atoms with Crippen molar-refractivity contribution in [1.82, 2.24) is 0 Å². The third kappa shape index (κ3) is 1.89. The first-order valence-corrected chi connectivity index (χ1v) is 6.23. The second-order valence-corrected chi connectivity index (χ2v) is 4.77. The number of aliphatic hydroxyl groups excluding tert-OH is 1. The Hall–Kier alpha value is -1.80. The number of ether oxygens (including phenoxy) is 1. The van der Waals surface area contributed by atoms with Crippen molar-refractivity contribution in [2.24, 2.45) is 0 Å². The third-order valence-electron chi connectivity index (χ3n) is 3.48. The number of aliphatic hydroxyl groups is 1. The molecule has 0 saturated heterocycles. The minimum Gasteiger partial charge on any atom is -0.488 e. The lowest BCUT2D eigenvalue weighted by molar-refractivity contribution is 0.149. The quantitative estimate of drug-likeness (QED) is 0.893. The second kappa shape index (κ2) is 4.46. The van der Waals surface area contributed by atoms with Gasteiger partial charge < -0.3 is 9.84 Å². The van der Waals surface area contributed by atoms with Gasteiger partial charge in [0.25, 0.3) is 0 Å². The summed E-state index contributed by atoms with van der Waals surface area (Å²) in [6, 6.07) is 14.1. The van der Waals surface area contributed by atoms with E-state index in [0.29, 0.717) is 13.0 Å². The fourth-order valence-corrected chi connectivity index (χ4v) is 2.39. The number of hydrogen-bond acceptors (Lipinski definition) is 2. The van der Waals surface area contributed by atoms with Crippen LogP contribution in [0.5, 0.6) is 5.75 Å². The topological polar surface area (TPSA) is 29.5 Å². The van der Waals surface area contributed by atoms with Crippen LogP contribution in [0.2, 0.25) is 0 Å². The van der Waals surface area contributed by atoms with Crippen molar-refractivity contribution < 1.29 is 9.84 Å². The van der Waals surface area contributed by atoms with Gasteiger partial charge in [0.15, 0.2) is 0 Å². The SMILES string of the molecule is Cc1ccc2c(c1OCc1ccccc1)CC2O. The fraction of sp³-hybridized carbons (Fsp3) is 0.250. The molecule has 2 aromatic carbocycles. The summed E-state index contributed by atoms with van der Waals surface area (Å²) < 4.78 is 5.92. The Morgan fingerprint density at radius 2 is 1.94 bits per heavy atom. The molecule has 2 aromatic rings. The van der Waals surface area contributed by atoms with Gasteiger partial charge in [-0.3, -0.25) is 0 Å². The molecule has 0 saturated carbocycles. The molecule has 1 aliphatic carbocycles. The maximum absolute atomic E-state index is 9.65. The van der Waals surface area contributed by atoms with Crippen LogP contribution in [-0.4, -0.2) is 5.11 Å². The second-order valence-electron chi connectivity index (χ2n) is 4.77. The van der Waals surface area contributed by atoms with Crippen molar-refractivity contribution in [3.63, 3.8) is 0 Å². The first kappa shape index (κ1) is 11.3. The average Bonchev–Trinajstić information content (AvgIpc) is 2.38. The van der Waals surface area contributed by atoms with E-state index in [4.69, 9.17) is 4.74 Å². The van der Waals surface area contributed by atoms with Crippen molar-refractivity contribution in [2.45, 2.75) is 26.1 Å². The standard InChI is InChI=1S/C16H16O2/c1-11-7-8-13-14(9-15(13)17)16(11)18-10-12-5-3-2-4-6-12/h2-8,15,17H,9-10H2,1H3. The van der Waals surface area contributed by atoms with Crippen LogP contribution in [0.25, 0.3) is 0 Å². The lowest BCUT2D eigenvalue weighted by atomic mass is 9.83. The summed E-state index contributed by atoms with van der Waals surface area (Å²) in [6.45, 7) is 2.62. The van der Waals surface area contributed by atoms with Crippen molar-refractivity contribution in [3.05, 3.63) is 64.7 Å². The molecule has 1 atom stereocenters. The Kier molecular flexibility index (Phi) is 2.80. The molecule has 0 amide bonds. The molecule has 0 radical (unpaired) electrons. The summed E-state index contributed by atoms with van der Waals surface area (Å²) in [4.78, 5) is 0. The number of fused-ring (bicyclic) bond motifs is 1. The van der Waals surface area contributed by atoms with E-state index >= 15 is 0 Å². The van der Waals surface area contributed by atoms with Gasteiger partial charge in [0.2, 0.25) is 0 Å². The van der Waals surface area contributed by atoms with Gasteiger partial charge in [-0.1, -0.05) is 42.5 Å². The van der Waals surface area contributed by atoms with E-state index < -0.39 is 0 Å². The molecule has 0 aromatic heterocycles. The lowest BCUT2D eigenvalue weighted by Gasteiger charge is -2.29. The van der Waals surface area contributed by atoms with Gasteiger partial charge in [0, 0.05) is 12.0 Å². The summed E-state index contributed by atoms with van der Waals surface area (Å²) in [5.74, 6) is 0.946. The smallest absolute Gasteiger partial charge is 0.126 e. The van der Waals surface area contributed by atoms with Gasteiger partial charge in [0.05, 0.1) is 6.10 Å². The Morgan fingerprint density at radius 1 is 1.17 bits per heavy atom. The van der Waals surface area contributed by atoms with Crippen LogP contribution in [0.3, 0.4) is 0 Å². The molecule has 2 nitrogen and oxygen atoms in total. The van der Waals surface area contributed by atoms with Crippen LogP contribution in [0.15, 0.2) is 42.5 Å². The summed E-state index contributed by atoms with van der Waals surface area (Å²) in [7, 11) is 0. The van der Waals surface area contributed by atoms with Crippen LogP contribution in [0.4, 0.5) is 0 Å². The van der Waals surface area contributed by atoms with Crippen LogP contribution in [-0.2, 0) is 13.0 Å². The maximum Gasteiger partial charge on any atom is 0.126 e. The first-order valence-electron chi connectivity index (χ1n) is 6.23. The molecule has 3 rings (SSSR count). The Balaban J connectivity index is 1.81. The van der Waals surface area contributed by atoms with Gasteiger partial charge in [-0.25, -0.2) is 0 Å². The van der Waals surface area contributed by atoms with E-state index in [9.17, 15) is 5.11 Å². The summed E-state index contributed by atoms with van der Waals surface area (Å²) in [5, 5.41) is 9.65. The molecule has 0 heterocycles. The molecule has 1 aliphatic rings. The Labute approximate surface area is 107 Å². The van der Waals surface area contributed by atoms with E-state index in [1.807, 2.05) is 37.3 Å². The highest BCUT2D eigenvalue weighted by atomic mass is 16.5. The van der Waals surface area contributed by atoms with Crippen LogP contribution in [0.1, 0.15) is 28.4 Å². The molecule has 0 spiro atoms. The Morgan fingerprint density at radius 3 is 2.67 bits per heavy atom. The van der Waals surface area contributed by atoms with Crippen LogP contribution < -0.4 is 4.74 Å². The molecule has 2 heteroatoms. The van der Waals surface area contributed by atoms with E-state index in [1.165, 1.54) is 5.56 Å². The normalized spacial score (nSPS) is 16.9. The third-order valence-corrected chi connectivity index (χ3v) is 3.48. The van der Waals surface area contributed by atoms with Gasteiger partial charge in [-0.05, 0) is 23.6 Å².